The van der Waals surface area contributed by atoms with Crippen LogP contribution in [0, 0.1) is 0 Å². The van der Waals surface area contributed by atoms with Crippen LogP contribution in [0.25, 0.3) is 0 Å². The van der Waals surface area contributed by atoms with Gasteiger partial charge >= 0.3 is 6.03 Å². The molecule has 1 aliphatic carbocycles. The number of halogens is 1. The van der Waals surface area contributed by atoms with Gasteiger partial charge in [0.15, 0.2) is 0 Å². The molecule has 1 N–H and O–H groups in total. The number of nitrogens with zero attached hydrogens (tertiary/aromatic N) is 2. The average Bonchev–Trinajstić information content (AvgIpc) is 2.89. The van der Waals surface area contributed by atoms with Crippen molar-refractivity contribution in [3.63, 3.8) is 0 Å². The first-order chi connectivity index (χ1) is 12.1. The summed E-state index contributed by atoms with van der Waals surface area (Å²) in [5, 5.41) is 3.79. The average molecular weight is 364 g/mol. The Morgan fingerprint density at radius 2 is 1.52 bits per heavy atom. The van der Waals surface area contributed by atoms with Gasteiger partial charge in [-0.15, -0.1) is 0 Å². The summed E-state index contributed by atoms with van der Waals surface area (Å²) in [7, 11) is 0. The smallest absolute Gasteiger partial charge is 0.317 e. The quantitative estimate of drug-likeness (QED) is 0.873. The van der Waals surface area contributed by atoms with Crippen molar-refractivity contribution in [3.05, 3.63) is 34.9 Å². The van der Waals surface area contributed by atoms with Crippen LogP contribution in [0.5, 0.6) is 0 Å². The van der Waals surface area contributed by atoms with Gasteiger partial charge in [0.1, 0.15) is 0 Å². The van der Waals surface area contributed by atoms with Crippen molar-refractivity contribution in [3.8, 4) is 0 Å². The number of urea groups is 1. The van der Waals surface area contributed by atoms with E-state index in [2.05, 4.69) is 5.32 Å². The second-order valence-corrected chi connectivity index (χ2v) is 7.36. The Morgan fingerprint density at radius 3 is 2.24 bits per heavy atom. The third kappa shape index (κ3) is 4.88. The molecule has 1 heterocycles. The van der Waals surface area contributed by atoms with E-state index in [1.165, 1.54) is 19.3 Å². The molecule has 1 aromatic rings. The number of carbonyl (C=O) groups excluding carboxylic acids is 2. The zero-order valence-electron chi connectivity index (χ0n) is 14.5. The van der Waals surface area contributed by atoms with Crippen LogP contribution in [0.4, 0.5) is 4.79 Å². The van der Waals surface area contributed by atoms with Crippen molar-refractivity contribution in [2.75, 3.05) is 26.2 Å². The van der Waals surface area contributed by atoms with Crippen molar-refractivity contribution < 1.29 is 9.59 Å². The van der Waals surface area contributed by atoms with Gasteiger partial charge < -0.3 is 15.1 Å². The molecular formula is C19H26ClN3O2. The van der Waals surface area contributed by atoms with E-state index in [1.807, 2.05) is 9.80 Å². The first-order valence-electron chi connectivity index (χ1n) is 9.24. The summed E-state index contributed by atoms with van der Waals surface area (Å²) in [6, 6.07) is 7.31. The standard InChI is InChI=1S/C19H26ClN3O2/c20-16-9-7-15(8-10-16)18(24)22-11-4-12-23(14-13-22)19(25)21-17-5-2-1-3-6-17/h7-10,17H,1-6,11-14H2,(H,21,25). The van der Waals surface area contributed by atoms with Gasteiger partial charge in [-0.1, -0.05) is 30.9 Å². The molecule has 6 heteroatoms. The van der Waals surface area contributed by atoms with Crippen LogP contribution in [-0.2, 0) is 0 Å². The number of rotatable bonds is 2. The Hall–Kier alpha value is -1.75. The van der Waals surface area contributed by atoms with Crippen LogP contribution in [-0.4, -0.2) is 54.0 Å². The van der Waals surface area contributed by atoms with E-state index < -0.39 is 0 Å². The Morgan fingerprint density at radius 1 is 0.880 bits per heavy atom. The summed E-state index contributed by atoms with van der Waals surface area (Å²) < 4.78 is 0. The van der Waals surface area contributed by atoms with Crippen molar-refractivity contribution in [2.45, 2.75) is 44.6 Å². The van der Waals surface area contributed by atoms with Crippen LogP contribution >= 0.6 is 11.6 Å². The molecule has 1 aliphatic heterocycles. The van der Waals surface area contributed by atoms with Crippen molar-refractivity contribution in [1.82, 2.24) is 15.1 Å². The number of amides is 3. The molecular weight excluding hydrogens is 338 g/mol. The highest BCUT2D eigenvalue weighted by Gasteiger charge is 2.24. The van der Waals surface area contributed by atoms with E-state index in [0.29, 0.717) is 42.8 Å². The molecule has 0 unspecified atom stereocenters. The van der Waals surface area contributed by atoms with E-state index in [0.717, 1.165) is 19.3 Å². The number of carbonyl (C=O) groups is 2. The minimum absolute atomic E-state index is 0.00575. The van der Waals surface area contributed by atoms with Gasteiger partial charge in [-0.3, -0.25) is 4.79 Å². The highest BCUT2D eigenvalue weighted by molar-refractivity contribution is 6.30. The lowest BCUT2D eigenvalue weighted by atomic mass is 9.96. The summed E-state index contributed by atoms with van der Waals surface area (Å²) in [4.78, 5) is 28.8. The van der Waals surface area contributed by atoms with Crippen LogP contribution < -0.4 is 5.32 Å². The van der Waals surface area contributed by atoms with E-state index in [-0.39, 0.29) is 11.9 Å². The minimum atomic E-state index is 0.00575. The molecule has 2 aliphatic rings. The molecule has 2 fully saturated rings. The highest BCUT2D eigenvalue weighted by Crippen LogP contribution is 2.18. The third-order valence-electron chi connectivity index (χ3n) is 5.09. The molecule has 1 aromatic carbocycles. The molecule has 0 bridgehead atoms. The van der Waals surface area contributed by atoms with E-state index in [9.17, 15) is 9.59 Å². The summed E-state index contributed by atoms with van der Waals surface area (Å²) >= 11 is 5.89. The second-order valence-electron chi connectivity index (χ2n) is 6.92. The van der Waals surface area contributed by atoms with E-state index in [4.69, 9.17) is 11.6 Å². The first kappa shape index (κ1) is 18.1. The number of nitrogens with one attached hydrogen (secondary N) is 1. The summed E-state index contributed by atoms with van der Waals surface area (Å²) in [6.45, 7) is 2.52. The van der Waals surface area contributed by atoms with Crippen molar-refractivity contribution >= 4 is 23.5 Å². The van der Waals surface area contributed by atoms with E-state index in [1.54, 1.807) is 24.3 Å². The fourth-order valence-corrected chi connectivity index (χ4v) is 3.74. The number of hydrogen-bond acceptors (Lipinski definition) is 2. The van der Waals surface area contributed by atoms with Gasteiger partial charge in [0.2, 0.25) is 0 Å². The Bertz CT molecular complexity index is 599. The van der Waals surface area contributed by atoms with Crippen LogP contribution in [0.15, 0.2) is 24.3 Å². The maximum atomic E-state index is 12.6. The molecule has 136 valence electrons. The lowest BCUT2D eigenvalue weighted by molar-refractivity contribution is 0.0762. The van der Waals surface area contributed by atoms with Crippen LogP contribution in [0.3, 0.4) is 0 Å². The lowest BCUT2D eigenvalue weighted by Gasteiger charge is -2.27. The first-order valence-corrected chi connectivity index (χ1v) is 9.61. The Labute approximate surface area is 154 Å². The van der Waals surface area contributed by atoms with E-state index >= 15 is 0 Å². The Kier molecular flexibility index (Phi) is 6.19. The summed E-state index contributed by atoms with van der Waals surface area (Å²) in [5.74, 6) is 0.00575. The topological polar surface area (TPSA) is 52.7 Å². The minimum Gasteiger partial charge on any atom is -0.337 e. The van der Waals surface area contributed by atoms with Gasteiger partial charge in [-0.25, -0.2) is 4.79 Å². The normalized spacial score (nSPS) is 19.4. The third-order valence-corrected chi connectivity index (χ3v) is 5.35. The zero-order valence-corrected chi connectivity index (χ0v) is 15.3. The van der Waals surface area contributed by atoms with Gasteiger partial charge in [0.25, 0.3) is 5.91 Å². The van der Waals surface area contributed by atoms with Crippen LogP contribution in [0.2, 0.25) is 5.02 Å². The summed E-state index contributed by atoms with van der Waals surface area (Å²) in [5.41, 5.74) is 0.643. The molecule has 5 nitrogen and oxygen atoms in total. The predicted molar refractivity (Wildman–Crippen MR) is 99.0 cm³/mol. The zero-order chi connectivity index (χ0) is 17.6. The maximum absolute atomic E-state index is 12.6. The molecule has 0 spiro atoms. The number of hydrogen-bond donors (Lipinski definition) is 1. The molecule has 0 radical (unpaired) electrons. The molecule has 0 atom stereocenters. The molecule has 3 amide bonds. The van der Waals surface area contributed by atoms with Crippen molar-refractivity contribution in [1.29, 1.82) is 0 Å². The highest BCUT2D eigenvalue weighted by atomic mass is 35.5. The fraction of sp³-hybridized carbons (Fsp3) is 0.579. The van der Waals surface area contributed by atoms with Crippen LogP contribution in [0.1, 0.15) is 48.9 Å². The van der Waals surface area contributed by atoms with Gasteiger partial charge in [0, 0.05) is 42.8 Å². The lowest BCUT2D eigenvalue weighted by Crippen LogP contribution is -2.46. The fourth-order valence-electron chi connectivity index (χ4n) is 3.61. The monoisotopic (exact) mass is 363 g/mol. The molecule has 1 saturated heterocycles. The second kappa shape index (κ2) is 8.56. The molecule has 1 saturated carbocycles. The molecule has 0 aromatic heterocycles. The predicted octanol–water partition coefficient (Wildman–Crippen LogP) is 3.53. The Balaban J connectivity index is 1.53. The van der Waals surface area contributed by atoms with Gasteiger partial charge in [-0.2, -0.15) is 0 Å². The van der Waals surface area contributed by atoms with Gasteiger partial charge in [-0.05, 0) is 43.5 Å². The summed E-state index contributed by atoms with van der Waals surface area (Å²) in [6.07, 6.45) is 6.65. The maximum Gasteiger partial charge on any atom is 0.317 e. The number of benzene rings is 1. The SMILES string of the molecule is O=C(NC1CCCCC1)N1CCCN(C(=O)c2ccc(Cl)cc2)CC1. The molecule has 25 heavy (non-hydrogen) atoms. The van der Waals surface area contributed by atoms with Gasteiger partial charge in [0.05, 0.1) is 0 Å². The molecule has 3 rings (SSSR count). The van der Waals surface area contributed by atoms with Crippen molar-refractivity contribution in [2.24, 2.45) is 0 Å². The largest absolute Gasteiger partial charge is 0.337 e.